The molecule has 0 radical (unpaired) electrons. The number of amides is 1. The second-order valence-corrected chi connectivity index (χ2v) is 6.81. The second kappa shape index (κ2) is 8.43. The lowest BCUT2D eigenvalue weighted by molar-refractivity contribution is -0.137. The van der Waals surface area contributed by atoms with Crippen LogP contribution in [0.1, 0.15) is 21.6 Å². The number of hydrogen-bond acceptors (Lipinski definition) is 4. The first kappa shape index (κ1) is 19.9. The summed E-state index contributed by atoms with van der Waals surface area (Å²) >= 11 is 1.50. The normalized spacial score (nSPS) is 11.3. The molecule has 0 aliphatic heterocycles. The van der Waals surface area contributed by atoms with E-state index in [0.717, 1.165) is 34.1 Å². The first-order valence-corrected chi connectivity index (χ1v) is 9.29. The highest BCUT2D eigenvalue weighted by atomic mass is 32.1. The van der Waals surface area contributed by atoms with Crippen LogP contribution >= 0.6 is 11.3 Å². The van der Waals surface area contributed by atoms with Crippen LogP contribution in [0.2, 0.25) is 0 Å². The Balaban J connectivity index is 1.53. The van der Waals surface area contributed by atoms with Crippen molar-refractivity contribution in [3.63, 3.8) is 0 Å². The molecule has 0 aliphatic rings. The zero-order valence-electron chi connectivity index (χ0n) is 14.9. The average molecular weight is 406 g/mol. The number of carbonyl (C=O) groups is 1. The van der Waals surface area contributed by atoms with E-state index in [1.807, 2.05) is 29.6 Å². The van der Waals surface area contributed by atoms with E-state index in [4.69, 9.17) is 4.74 Å². The molecule has 0 saturated carbocycles. The zero-order valence-corrected chi connectivity index (χ0v) is 15.7. The Labute approximate surface area is 164 Å². The van der Waals surface area contributed by atoms with E-state index in [2.05, 4.69) is 10.3 Å². The molecule has 1 amide bonds. The number of hydrogen-bond donors (Lipinski definition) is 1. The van der Waals surface area contributed by atoms with Crippen LogP contribution in [0.3, 0.4) is 0 Å². The number of alkyl halides is 3. The maximum Gasteiger partial charge on any atom is 0.416 e. The third-order valence-electron chi connectivity index (χ3n) is 4.03. The number of rotatable bonds is 6. The number of thiazole rings is 1. The molecule has 1 heterocycles. The van der Waals surface area contributed by atoms with Gasteiger partial charge in [0.2, 0.25) is 0 Å². The Hall–Kier alpha value is -2.87. The maximum atomic E-state index is 12.6. The number of methoxy groups -OCH3 is 1. The SMILES string of the molecule is COc1ccc(-c2nc(CCNC(=O)c3ccc(C(F)(F)F)cc3)cs2)cc1. The molecule has 146 valence electrons. The minimum atomic E-state index is -4.42. The summed E-state index contributed by atoms with van der Waals surface area (Å²) in [6, 6.07) is 11.7. The van der Waals surface area contributed by atoms with E-state index in [1.54, 1.807) is 7.11 Å². The predicted molar refractivity (Wildman–Crippen MR) is 102 cm³/mol. The monoisotopic (exact) mass is 406 g/mol. The van der Waals surface area contributed by atoms with Crippen LogP contribution in [0.4, 0.5) is 13.2 Å². The molecule has 0 unspecified atom stereocenters. The molecule has 3 rings (SSSR count). The number of halogens is 3. The lowest BCUT2D eigenvalue weighted by Crippen LogP contribution is -2.25. The summed E-state index contributed by atoms with van der Waals surface area (Å²) in [5.74, 6) is 0.353. The van der Waals surface area contributed by atoms with Crippen molar-refractivity contribution in [2.75, 3.05) is 13.7 Å². The van der Waals surface area contributed by atoms with Crippen LogP contribution in [0, 0.1) is 0 Å². The average Bonchev–Trinajstić information content (AvgIpc) is 3.16. The van der Waals surface area contributed by atoms with Gasteiger partial charge in [0.1, 0.15) is 10.8 Å². The van der Waals surface area contributed by atoms with Crippen molar-refractivity contribution in [2.24, 2.45) is 0 Å². The Kier molecular flexibility index (Phi) is 5.99. The fourth-order valence-electron chi connectivity index (χ4n) is 2.50. The molecule has 0 saturated heterocycles. The van der Waals surface area contributed by atoms with Gasteiger partial charge in [-0.1, -0.05) is 0 Å². The molecule has 8 heteroatoms. The highest BCUT2D eigenvalue weighted by Crippen LogP contribution is 2.29. The number of aromatic nitrogens is 1. The molecule has 0 aliphatic carbocycles. The van der Waals surface area contributed by atoms with Crippen LogP contribution in [0.15, 0.2) is 53.9 Å². The second-order valence-electron chi connectivity index (χ2n) is 5.95. The Morgan fingerprint density at radius 2 is 1.79 bits per heavy atom. The standard InChI is InChI=1S/C20H17F3N2O2S/c1-27-17-8-4-14(5-9-17)19-25-16(12-28-19)10-11-24-18(26)13-2-6-15(7-3-13)20(21,22)23/h2-9,12H,10-11H2,1H3,(H,24,26). The summed E-state index contributed by atoms with van der Waals surface area (Å²) in [5, 5.41) is 5.49. The number of nitrogens with one attached hydrogen (secondary N) is 1. The predicted octanol–water partition coefficient (Wildman–Crippen LogP) is 4.81. The molecule has 0 atom stereocenters. The number of ether oxygens (including phenoxy) is 1. The molecular weight excluding hydrogens is 389 g/mol. The van der Waals surface area contributed by atoms with E-state index < -0.39 is 17.6 Å². The van der Waals surface area contributed by atoms with Gasteiger partial charge in [0.25, 0.3) is 5.91 Å². The van der Waals surface area contributed by atoms with Crippen LogP contribution in [0.5, 0.6) is 5.75 Å². The smallest absolute Gasteiger partial charge is 0.416 e. The molecule has 1 N–H and O–H groups in total. The van der Waals surface area contributed by atoms with Crippen molar-refractivity contribution in [3.05, 3.63) is 70.7 Å². The fraction of sp³-hybridized carbons (Fsp3) is 0.200. The lowest BCUT2D eigenvalue weighted by atomic mass is 10.1. The van der Waals surface area contributed by atoms with Crippen LogP contribution < -0.4 is 10.1 Å². The van der Waals surface area contributed by atoms with Gasteiger partial charge in [-0.15, -0.1) is 11.3 Å². The molecule has 0 spiro atoms. The summed E-state index contributed by atoms with van der Waals surface area (Å²) in [6.45, 7) is 0.339. The molecule has 1 aromatic heterocycles. The zero-order chi connectivity index (χ0) is 20.1. The third-order valence-corrected chi connectivity index (χ3v) is 4.97. The molecular formula is C20H17F3N2O2S. The minimum absolute atomic E-state index is 0.185. The molecule has 2 aromatic carbocycles. The fourth-order valence-corrected chi connectivity index (χ4v) is 3.37. The first-order valence-electron chi connectivity index (χ1n) is 8.41. The van der Waals surface area contributed by atoms with Gasteiger partial charge in [0.15, 0.2) is 0 Å². The van der Waals surface area contributed by atoms with Gasteiger partial charge in [0.05, 0.1) is 18.4 Å². The van der Waals surface area contributed by atoms with E-state index >= 15 is 0 Å². The minimum Gasteiger partial charge on any atom is -0.497 e. The van der Waals surface area contributed by atoms with Gasteiger partial charge < -0.3 is 10.1 Å². The summed E-state index contributed by atoms with van der Waals surface area (Å²) in [4.78, 5) is 16.6. The Morgan fingerprint density at radius 1 is 1.11 bits per heavy atom. The Bertz CT molecular complexity index is 935. The number of carbonyl (C=O) groups excluding carboxylic acids is 1. The lowest BCUT2D eigenvalue weighted by Gasteiger charge is -2.08. The van der Waals surface area contributed by atoms with Gasteiger partial charge in [-0.2, -0.15) is 13.2 Å². The summed E-state index contributed by atoms with van der Waals surface area (Å²) in [6.07, 6.45) is -3.89. The van der Waals surface area contributed by atoms with Gasteiger partial charge in [0, 0.05) is 29.5 Å². The van der Waals surface area contributed by atoms with E-state index in [0.29, 0.717) is 13.0 Å². The topological polar surface area (TPSA) is 51.2 Å². The van der Waals surface area contributed by atoms with Gasteiger partial charge in [-0.05, 0) is 48.5 Å². The van der Waals surface area contributed by atoms with Crippen molar-refractivity contribution < 1.29 is 22.7 Å². The first-order chi connectivity index (χ1) is 13.4. The van der Waals surface area contributed by atoms with Crippen LogP contribution in [-0.4, -0.2) is 24.5 Å². The van der Waals surface area contributed by atoms with Crippen molar-refractivity contribution in [1.82, 2.24) is 10.3 Å². The van der Waals surface area contributed by atoms with E-state index in [9.17, 15) is 18.0 Å². The number of nitrogens with zero attached hydrogens (tertiary/aromatic N) is 1. The van der Waals surface area contributed by atoms with Crippen molar-refractivity contribution in [2.45, 2.75) is 12.6 Å². The molecule has 4 nitrogen and oxygen atoms in total. The Morgan fingerprint density at radius 3 is 2.39 bits per heavy atom. The summed E-state index contributed by atoms with van der Waals surface area (Å²) < 4.78 is 42.8. The maximum absolute atomic E-state index is 12.6. The van der Waals surface area contributed by atoms with E-state index in [1.165, 1.54) is 23.5 Å². The largest absolute Gasteiger partial charge is 0.497 e. The van der Waals surface area contributed by atoms with Gasteiger partial charge in [-0.25, -0.2) is 4.98 Å². The van der Waals surface area contributed by atoms with Gasteiger partial charge in [-0.3, -0.25) is 4.79 Å². The van der Waals surface area contributed by atoms with Crippen molar-refractivity contribution >= 4 is 17.2 Å². The molecule has 0 bridgehead atoms. The molecule has 3 aromatic rings. The summed E-state index contributed by atoms with van der Waals surface area (Å²) in [7, 11) is 1.61. The molecule has 28 heavy (non-hydrogen) atoms. The number of benzene rings is 2. The highest BCUT2D eigenvalue weighted by Gasteiger charge is 2.30. The van der Waals surface area contributed by atoms with Gasteiger partial charge >= 0.3 is 6.18 Å². The van der Waals surface area contributed by atoms with Crippen LogP contribution in [-0.2, 0) is 12.6 Å². The third kappa shape index (κ3) is 4.89. The van der Waals surface area contributed by atoms with Crippen molar-refractivity contribution in [1.29, 1.82) is 0 Å². The highest BCUT2D eigenvalue weighted by molar-refractivity contribution is 7.13. The summed E-state index contributed by atoms with van der Waals surface area (Å²) in [5.41, 5.74) is 1.22. The van der Waals surface area contributed by atoms with Crippen LogP contribution in [0.25, 0.3) is 10.6 Å². The molecule has 0 fully saturated rings. The van der Waals surface area contributed by atoms with E-state index in [-0.39, 0.29) is 5.56 Å². The quantitative estimate of drug-likeness (QED) is 0.639. The van der Waals surface area contributed by atoms with Crippen molar-refractivity contribution in [3.8, 4) is 16.3 Å².